The average molecular weight is 168 g/mol. The Morgan fingerprint density at radius 3 is 2.60 bits per heavy atom. The highest BCUT2D eigenvalue weighted by Crippen LogP contribution is 1.89. The van der Waals surface area contributed by atoms with Crippen LogP contribution in [0.2, 0.25) is 0 Å². The minimum atomic E-state index is -0.569. The summed E-state index contributed by atoms with van der Waals surface area (Å²) in [5.41, 5.74) is 5.38. The van der Waals surface area contributed by atoms with Crippen LogP contribution in [-0.4, -0.2) is 36.3 Å². The van der Waals surface area contributed by atoms with Crippen LogP contribution >= 0.6 is 11.6 Å². The molecule has 0 aromatic rings. The van der Waals surface area contributed by atoms with E-state index >= 15 is 0 Å². The van der Waals surface area contributed by atoms with Crippen molar-refractivity contribution in [2.45, 2.75) is 19.1 Å². The number of hydrogen-bond acceptors (Lipinski definition) is 3. The number of nitrogens with two attached hydrogens (primary N) is 1. The molecule has 0 amide bonds. The first-order valence-corrected chi connectivity index (χ1v) is 3.77. The molecule has 0 aliphatic heterocycles. The molecule has 0 aromatic heterocycles. The Morgan fingerprint density at radius 1 is 1.60 bits per heavy atom. The van der Waals surface area contributed by atoms with Gasteiger partial charge in [0.2, 0.25) is 0 Å². The minimum Gasteiger partial charge on any atom is -0.389 e. The largest absolute Gasteiger partial charge is 0.389 e. The van der Waals surface area contributed by atoms with Gasteiger partial charge < -0.3 is 15.6 Å². The predicted molar refractivity (Wildman–Crippen MR) is 41.2 cm³/mol. The zero-order valence-electron chi connectivity index (χ0n) is 6.09. The predicted octanol–water partition coefficient (Wildman–Crippen LogP) is -0.0501. The van der Waals surface area contributed by atoms with Gasteiger partial charge in [-0.3, -0.25) is 0 Å². The molecule has 0 saturated carbocycles. The van der Waals surface area contributed by atoms with Crippen LogP contribution < -0.4 is 5.73 Å². The first kappa shape index (κ1) is 10.2. The Morgan fingerprint density at radius 2 is 2.20 bits per heavy atom. The Kier molecular flexibility index (Phi) is 6.02. The summed E-state index contributed by atoms with van der Waals surface area (Å²) in [5, 5.41) is 8.87. The molecule has 62 valence electrons. The SMILES string of the molecule is C[C@H](N)COCC(O)CCl. The van der Waals surface area contributed by atoms with Crippen molar-refractivity contribution >= 4 is 11.6 Å². The molecule has 1 unspecified atom stereocenters. The van der Waals surface area contributed by atoms with Crippen molar-refractivity contribution in [3.63, 3.8) is 0 Å². The number of ether oxygens (including phenoxy) is 1. The first-order valence-electron chi connectivity index (χ1n) is 3.24. The Balaban J connectivity index is 3.03. The van der Waals surface area contributed by atoms with Crippen molar-refractivity contribution in [1.82, 2.24) is 0 Å². The minimum absolute atomic E-state index is 0.0162. The van der Waals surface area contributed by atoms with Crippen LogP contribution in [-0.2, 0) is 4.74 Å². The fourth-order valence-electron chi connectivity index (χ4n) is 0.435. The number of aliphatic hydroxyl groups is 1. The van der Waals surface area contributed by atoms with Crippen molar-refractivity contribution in [3.05, 3.63) is 0 Å². The van der Waals surface area contributed by atoms with Crippen molar-refractivity contribution in [2.24, 2.45) is 5.73 Å². The molecule has 0 bridgehead atoms. The molecule has 2 atom stereocenters. The molecule has 3 nitrogen and oxygen atoms in total. The van der Waals surface area contributed by atoms with E-state index in [9.17, 15) is 0 Å². The van der Waals surface area contributed by atoms with Gasteiger partial charge in [-0.25, -0.2) is 0 Å². The maximum Gasteiger partial charge on any atom is 0.0908 e. The molecule has 0 aromatic carbocycles. The second-order valence-corrected chi connectivity index (χ2v) is 2.63. The van der Waals surface area contributed by atoms with Gasteiger partial charge in [-0.1, -0.05) is 0 Å². The van der Waals surface area contributed by atoms with E-state index in [1.54, 1.807) is 0 Å². The van der Waals surface area contributed by atoms with E-state index in [4.69, 9.17) is 27.2 Å². The van der Waals surface area contributed by atoms with Crippen molar-refractivity contribution < 1.29 is 9.84 Å². The molecular weight excluding hydrogens is 154 g/mol. The van der Waals surface area contributed by atoms with E-state index in [0.717, 1.165) is 0 Å². The zero-order chi connectivity index (χ0) is 7.98. The van der Waals surface area contributed by atoms with Gasteiger partial charge in [0.15, 0.2) is 0 Å². The molecule has 0 radical (unpaired) electrons. The zero-order valence-corrected chi connectivity index (χ0v) is 6.84. The lowest BCUT2D eigenvalue weighted by molar-refractivity contribution is 0.0435. The van der Waals surface area contributed by atoms with Gasteiger partial charge in [-0.15, -0.1) is 11.6 Å². The lowest BCUT2D eigenvalue weighted by atomic mass is 10.4. The summed E-state index contributed by atoms with van der Waals surface area (Å²) in [6.45, 7) is 2.58. The molecule has 0 fully saturated rings. The molecule has 0 rings (SSSR count). The molecule has 0 aliphatic carbocycles. The van der Waals surface area contributed by atoms with Crippen LogP contribution in [0.5, 0.6) is 0 Å². The summed E-state index contributed by atoms with van der Waals surface area (Å²) >= 11 is 5.31. The standard InChI is InChI=1S/C6H14ClNO2/c1-5(8)3-10-4-6(9)2-7/h5-6,9H,2-4,8H2,1H3/t5-,6?/m0/s1. The average Bonchev–Trinajstić information content (AvgIpc) is 1.87. The number of rotatable bonds is 5. The van der Waals surface area contributed by atoms with Crippen LogP contribution in [0.1, 0.15) is 6.92 Å². The molecule has 0 aliphatic rings. The monoisotopic (exact) mass is 167 g/mol. The van der Waals surface area contributed by atoms with Gasteiger partial charge in [-0.05, 0) is 6.92 Å². The second kappa shape index (κ2) is 5.92. The van der Waals surface area contributed by atoms with Crippen LogP contribution in [0.25, 0.3) is 0 Å². The second-order valence-electron chi connectivity index (χ2n) is 2.32. The van der Waals surface area contributed by atoms with Crippen molar-refractivity contribution in [2.75, 3.05) is 19.1 Å². The molecule has 3 N–H and O–H groups in total. The van der Waals surface area contributed by atoms with Crippen molar-refractivity contribution in [1.29, 1.82) is 0 Å². The van der Waals surface area contributed by atoms with E-state index in [-0.39, 0.29) is 18.5 Å². The number of aliphatic hydroxyl groups excluding tert-OH is 1. The number of halogens is 1. The van der Waals surface area contributed by atoms with E-state index in [1.165, 1.54) is 0 Å². The van der Waals surface area contributed by atoms with Gasteiger partial charge >= 0.3 is 0 Å². The van der Waals surface area contributed by atoms with Crippen LogP contribution in [0, 0.1) is 0 Å². The number of alkyl halides is 1. The van der Waals surface area contributed by atoms with E-state index in [0.29, 0.717) is 6.61 Å². The third-order valence-corrected chi connectivity index (χ3v) is 1.23. The molecule has 10 heavy (non-hydrogen) atoms. The lowest BCUT2D eigenvalue weighted by Crippen LogP contribution is -2.25. The smallest absolute Gasteiger partial charge is 0.0908 e. The Labute approximate surface area is 66.1 Å². The van der Waals surface area contributed by atoms with Gasteiger partial charge in [0.05, 0.1) is 25.2 Å². The van der Waals surface area contributed by atoms with Gasteiger partial charge in [0.1, 0.15) is 0 Å². The topological polar surface area (TPSA) is 55.5 Å². The molecule has 0 heterocycles. The summed E-state index contributed by atoms with van der Waals surface area (Å²) < 4.78 is 4.99. The van der Waals surface area contributed by atoms with Crippen LogP contribution in [0.4, 0.5) is 0 Å². The third kappa shape index (κ3) is 6.29. The maximum absolute atomic E-state index is 8.87. The normalized spacial score (nSPS) is 16.8. The van der Waals surface area contributed by atoms with Crippen molar-refractivity contribution in [3.8, 4) is 0 Å². The van der Waals surface area contributed by atoms with Crippen LogP contribution in [0.3, 0.4) is 0 Å². The van der Waals surface area contributed by atoms with Gasteiger partial charge in [0.25, 0.3) is 0 Å². The number of hydrogen-bond donors (Lipinski definition) is 2. The summed E-state index contributed by atoms with van der Waals surface area (Å²) in [7, 11) is 0. The van der Waals surface area contributed by atoms with Crippen LogP contribution in [0.15, 0.2) is 0 Å². The molecule has 4 heteroatoms. The third-order valence-electron chi connectivity index (χ3n) is 0.869. The van der Waals surface area contributed by atoms with Gasteiger partial charge in [-0.2, -0.15) is 0 Å². The summed E-state index contributed by atoms with van der Waals surface area (Å²) in [4.78, 5) is 0. The summed E-state index contributed by atoms with van der Waals surface area (Å²) in [6, 6.07) is 0.0162. The highest BCUT2D eigenvalue weighted by atomic mass is 35.5. The highest BCUT2D eigenvalue weighted by molar-refractivity contribution is 6.18. The Hall–Kier alpha value is 0.170. The fourth-order valence-corrected chi connectivity index (χ4v) is 0.524. The van der Waals surface area contributed by atoms with E-state index < -0.39 is 6.10 Å². The Bertz CT molecular complexity index is 80.1. The quantitative estimate of drug-likeness (QED) is 0.565. The molecule has 0 saturated heterocycles. The highest BCUT2D eigenvalue weighted by Gasteiger charge is 2.01. The molecule has 0 spiro atoms. The first-order chi connectivity index (χ1) is 4.66. The van der Waals surface area contributed by atoms with E-state index in [2.05, 4.69) is 0 Å². The fraction of sp³-hybridized carbons (Fsp3) is 1.00. The van der Waals surface area contributed by atoms with E-state index in [1.807, 2.05) is 6.92 Å². The lowest BCUT2D eigenvalue weighted by Gasteiger charge is -2.09. The molecular formula is C6H14ClNO2. The maximum atomic E-state index is 8.87. The van der Waals surface area contributed by atoms with Gasteiger partial charge in [0, 0.05) is 6.04 Å². The summed E-state index contributed by atoms with van der Waals surface area (Å²) in [5.74, 6) is 0.207. The summed E-state index contributed by atoms with van der Waals surface area (Å²) in [6.07, 6.45) is -0.569.